The number of benzene rings is 1. The van der Waals surface area contributed by atoms with E-state index in [1.165, 1.54) is 27.0 Å². The second-order valence-electron chi connectivity index (χ2n) is 5.44. The molecule has 0 saturated heterocycles. The summed E-state index contributed by atoms with van der Waals surface area (Å²) in [7, 11) is 1.22. The van der Waals surface area contributed by atoms with Crippen LogP contribution in [0.15, 0.2) is 45.9 Å². The molecule has 0 atom stereocenters. The van der Waals surface area contributed by atoms with E-state index in [9.17, 15) is 9.59 Å². The number of furan rings is 1. The predicted molar refractivity (Wildman–Crippen MR) is 87.6 cm³/mol. The summed E-state index contributed by atoms with van der Waals surface area (Å²) in [4.78, 5) is 31.3. The summed E-state index contributed by atoms with van der Waals surface area (Å²) >= 11 is 0. The van der Waals surface area contributed by atoms with Crippen LogP contribution in [0.25, 0.3) is 21.8 Å². The van der Waals surface area contributed by atoms with Crippen LogP contribution in [0.3, 0.4) is 0 Å². The maximum atomic E-state index is 12.0. The zero-order valence-corrected chi connectivity index (χ0v) is 13.8. The van der Waals surface area contributed by atoms with Crippen LogP contribution in [0.2, 0.25) is 0 Å². The van der Waals surface area contributed by atoms with Crippen molar-refractivity contribution in [2.75, 3.05) is 7.11 Å². The first-order valence-electron chi connectivity index (χ1n) is 7.19. The van der Waals surface area contributed by atoms with Gasteiger partial charge in [-0.3, -0.25) is 9.63 Å². The molecule has 9 heteroatoms. The number of azide groups is 1. The van der Waals surface area contributed by atoms with Crippen molar-refractivity contribution < 1.29 is 23.6 Å². The number of esters is 1. The fraction of sp³-hybridized carbons (Fsp3) is 0.250. The van der Waals surface area contributed by atoms with Crippen molar-refractivity contribution in [1.82, 2.24) is 5.48 Å². The monoisotopic (exact) mass is 344 g/mol. The van der Waals surface area contributed by atoms with Crippen LogP contribution < -0.4 is 5.48 Å². The van der Waals surface area contributed by atoms with E-state index in [0.29, 0.717) is 17.0 Å². The van der Waals surface area contributed by atoms with Crippen molar-refractivity contribution in [3.8, 4) is 11.3 Å². The van der Waals surface area contributed by atoms with Gasteiger partial charge in [-0.05, 0) is 31.5 Å². The number of nitrogens with one attached hydrogen (secondary N) is 1. The van der Waals surface area contributed by atoms with Crippen LogP contribution in [-0.2, 0) is 14.4 Å². The molecule has 25 heavy (non-hydrogen) atoms. The fourth-order valence-electron chi connectivity index (χ4n) is 1.87. The third-order valence-electron chi connectivity index (χ3n) is 3.22. The number of carbonyl (C=O) groups is 2. The van der Waals surface area contributed by atoms with Crippen molar-refractivity contribution in [2.45, 2.75) is 19.4 Å². The third kappa shape index (κ3) is 4.37. The lowest BCUT2D eigenvalue weighted by molar-refractivity contribution is -0.171. The molecule has 0 spiro atoms. The zero-order valence-electron chi connectivity index (χ0n) is 13.8. The van der Waals surface area contributed by atoms with Gasteiger partial charge in [0.1, 0.15) is 5.76 Å². The van der Waals surface area contributed by atoms with Gasteiger partial charge in [0.2, 0.25) is 0 Å². The molecule has 2 rings (SSSR count). The van der Waals surface area contributed by atoms with E-state index in [-0.39, 0.29) is 5.76 Å². The van der Waals surface area contributed by atoms with E-state index in [1.54, 1.807) is 30.3 Å². The molecule has 0 saturated carbocycles. The second-order valence-corrected chi connectivity index (χ2v) is 5.44. The van der Waals surface area contributed by atoms with Gasteiger partial charge < -0.3 is 9.15 Å². The van der Waals surface area contributed by atoms with Crippen molar-refractivity contribution in [3.63, 3.8) is 0 Å². The Bertz CT molecular complexity index is 819. The number of amides is 1. The van der Waals surface area contributed by atoms with E-state index in [4.69, 9.17) is 14.8 Å². The lowest BCUT2D eigenvalue weighted by Gasteiger charge is -2.20. The zero-order chi connectivity index (χ0) is 18.4. The Hall–Kier alpha value is -3.29. The van der Waals surface area contributed by atoms with Gasteiger partial charge in [0, 0.05) is 16.2 Å². The SMILES string of the molecule is COC(=O)C(C)(C)ONC(=O)c1ccc(-c2ccc(N=[N+]=[N-])cc2)o1. The van der Waals surface area contributed by atoms with Crippen molar-refractivity contribution in [3.05, 3.63) is 52.6 Å². The minimum atomic E-state index is -1.34. The number of nitrogens with zero attached hydrogens (tertiary/aromatic N) is 3. The number of rotatable bonds is 6. The maximum absolute atomic E-state index is 12.0. The van der Waals surface area contributed by atoms with Gasteiger partial charge >= 0.3 is 11.9 Å². The largest absolute Gasteiger partial charge is 0.467 e. The van der Waals surface area contributed by atoms with Crippen molar-refractivity contribution in [2.24, 2.45) is 5.11 Å². The molecular formula is C16H16N4O5. The standard InChI is InChI=1S/C16H16N4O5/c1-16(2,15(22)23-3)25-19-14(21)13-9-8-12(24-13)10-4-6-11(7-5-10)18-20-17/h4-9H,1-3H3,(H,19,21). The quantitative estimate of drug-likeness (QED) is 0.282. The van der Waals surface area contributed by atoms with E-state index in [1.807, 2.05) is 0 Å². The number of hydrogen-bond acceptors (Lipinski definition) is 6. The summed E-state index contributed by atoms with van der Waals surface area (Å²) in [5.74, 6) is -0.818. The molecule has 0 fully saturated rings. The Morgan fingerprint density at radius 2 is 1.88 bits per heavy atom. The first-order valence-corrected chi connectivity index (χ1v) is 7.19. The van der Waals surface area contributed by atoms with Crippen LogP contribution in [0.5, 0.6) is 0 Å². The average Bonchev–Trinajstić information content (AvgIpc) is 3.10. The molecule has 1 aromatic carbocycles. The van der Waals surface area contributed by atoms with Gasteiger partial charge in [-0.25, -0.2) is 10.3 Å². The molecule has 0 aliphatic heterocycles. The van der Waals surface area contributed by atoms with E-state index in [0.717, 1.165) is 0 Å². The van der Waals surface area contributed by atoms with Gasteiger partial charge in [-0.1, -0.05) is 29.4 Å². The fourth-order valence-corrected chi connectivity index (χ4v) is 1.87. The Morgan fingerprint density at radius 1 is 1.20 bits per heavy atom. The molecule has 0 radical (unpaired) electrons. The van der Waals surface area contributed by atoms with Crippen molar-refractivity contribution in [1.29, 1.82) is 0 Å². The minimum absolute atomic E-state index is 0.00906. The van der Waals surface area contributed by atoms with Gasteiger partial charge in [-0.2, -0.15) is 0 Å². The molecule has 130 valence electrons. The molecular weight excluding hydrogens is 328 g/mol. The summed E-state index contributed by atoms with van der Waals surface area (Å²) in [5.41, 5.74) is 10.4. The van der Waals surface area contributed by atoms with E-state index < -0.39 is 17.5 Å². The smallest absolute Gasteiger partial charge is 0.340 e. The van der Waals surface area contributed by atoms with Crippen LogP contribution >= 0.6 is 0 Å². The number of methoxy groups -OCH3 is 1. The van der Waals surface area contributed by atoms with E-state index >= 15 is 0 Å². The highest BCUT2D eigenvalue weighted by atomic mass is 16.7. The Kier molecular flexibility index (Phi) is 5.43. The lowest BCUT2D eigenvalue weighted by Crippen LogP contribution is -2.42. The van der Waals surface area contributed by atoms with Gasteiger partial charge in [0.05, 0.1) is 7.11 Å². The molecule has 9 nitrogen and oxygen atoms in total. The highest BCUT2D eigenvalue weighted by Gasteiger charge is 2.31. The molecule has 1 N–H and O–H groups in total. The molecule has 0 unspecified atom stereocenters. The van der Waals surface area contributed by atoms with Crippen LogP contribution in [0.1, 0.15) is 24.4 Å². The molecule has 0 aliphatic rings. The second kappa shape index (κ2) is 7.52. The maximum Gasteiger partial charge on any atom is 0.340 e. The van der Waals surface area contributed by atoms with E-state index in [2.05, 4.69) is 20.2 Å². The van der Waals surface area contributed by atoms with Crippen LogP contribution in [0, 0.1) is 0 Å². The third-order valence-corrected chi connectivity index (χ3v) is 3.22. The van der Waals surface area contributed by atoms with Gasteiger partial charge in [-0.15, -0.1) is 0 Å². The summed E-state index contributed by atoms with van der Waals surface area (Å²) in [6, 6.07) is 9.73. The highest BCUT2D eigenvalue weighted by molar-refractivity contribution is 5.91. The summed E-state index contributed by atoms with van der Waals surface area (Å²) in [6.45, 7) is 2.91. The Balaban J connectivity index is 2.06. The number of hydroxylamine groups is 1. The first-order chi connectivity index (χ1) is 11.9. The molecule has 0 aliphatic carbocycles. The average molecular weight is 344 g/mol. The molecule has 1 amide bonds. The highest BCUT2D eigenvalue weighted by Crippen LogP contribution is 2.25. The molecule has 1 aromatic heterocycles. The first kappa shape index (κ1) is 18.1. The van der Waals surface area contributed by atoms with Gasteiger partial charge in [0.25, 0.3) is 0 Å². The molecule has 1 heterocycles. The number of carbonyl (C=O) groups excluding carboxylic acids is 2. The summed E-state index contributed by atoms with van der Waals surface area (Å²) in [5, 5.41) is 3.47. The Labute approximate surface area is 143 Å². The number of hydrogen-bond donors (Lipinski definition) is 1. The normalized spacial score (nSPS) is 10.7. The number of ether oxygens (including phenoxy) is 1. The Morgan fingerprint density at radius 3 is 2.48 bits per heavy atom. The predicted octanol–water partition coefficient (Wildman–Crippen LogP) is 3.50. The molecule has 2 aromatic rings. The summed E-state index contributed by atoms with van der Waals surface area (Å²) in [6.07, 6.45) is 0. The molecule has 0 bridgehead atoms. The minimum Gasteiger partial charge on any atom is -0.467 e. The van der Waals surface area contributed by atoms with Crippen molar-refractivity contribution >= 4 is 17.6 Å². The topological polar surface area (TPSA) is 127 Å². The van der Waals surface area contributed by atoms with Gasteiger partial charge in [0.15, 0.2) is 11.4 Å². The lowest BCUT2D eigenvalue weighted by atomic mass is 10.1. The van der Waals surface area contributed by atoms with Crippen LogP contribution in [0.4, 0.5) is 5.69 Å². The summed E-state index contributed by atoms with van der Waals surface area (Å²) < 4.78 is 10.0. The van der Waals surface area contributed by atoms with Crippen LogP contribution in [-0.4, -0.2) is 24.6 Å².